The van der Waals surface area contributed by atoms with Crippen LogP contribution in [-0.2, 0) is 23.0 Å². The lowest BCUT2D eigenvalue weighted by molar-refractivity contribution is 0.190. The summed E-state index contributed by atoms with van der Waals surface area (Å²) in [4.78, 5) is 7.00. The minimum atomic E-state index is -3.57. The van der Waals surface area contributed by atoms with E-state index < -0.39 is 10.0 Å². The lowest BCUT2D eigenvalue weighted by Crippen LogP contribution is -2.49. The first-order valence-electron chi connectivity index (χ1n) is 10.2. The average molecular weight is 424 g/mol. The second-order valence-electron chi connectivity index (χ2n) is 7.45. The van der Waals surface area contributed by atoms with Gasteiger partial charge in [-0.3, -0.25) is 0 Å². The van der Waals surface area contributed by atoms with Gasteiger partial charge in [-0.1, -0.05) is 6.07 Å². The maximum atomic E-state index is 12.9. The van der Waals surface area contributed by atoms with E-state index in [4.69, 9.17) is 5.26 Å². The molecule has 0 aliphatic carbocycles. The second kappa shape index (κ2) is 8.56. The van der Waals surface area contributed by atoms with E-state index in [0.717, 1.165) is 25.2 Å². The molecular formula is C22H25N5O2S. The Kier molecular flexibility index (Phi) is 5.86. The van der Waals surface area contributed by atoms with Gasteiger partial charge in [-0.05, 0) is 49.2 Å². The first kappa shape index (κ1) is 20.5. The summed E-state index contributed by atoms with van der Waals surface area (Å²) in [5.41, 5.74) is 2.66. The van der Waals surface area contributed by atoms with E-state index in [1.54, 1.807) is 18.2 Å². The summed E-state index contributed by atoms with van der Waals surface area (Å²) in [7, 11) is -3.57. The van der Waals surface area contributed by atoms with Crippen LogP contribution in [0.5, 0.6) is 0 Å². The van der Waals surface area contributed by atoms with E-state index >= 15 is 0 Å². The first-order valence-corrected chi connectivity index (χ1v) is 11.6. The topological polar surface area (TPSA) is 82.2 Å². The molecule has 2 aromatic heterocycles. The van der Waals surface area contributed by atoms with Gasteiger partial charge >= 0.3 is 0 Å². The van der Waals surface area contributed by atoms with Crippen molar-refractivity contribution in [1.82, 2.24) is 18.8 Å². The molecule has 0 unspecified atom stereocenters. The standard InChI is InChI=1S/C22H25N5O2S/c1-2-26-17-19(21-7-4-9-24-22(21)26)8-10-25-11-13-27(14-12-25)30(28,29)20-6-3-5-18(15-20)16-23/h3-7,9,15,17H,2,8,10-14H2,1H3. The van der Waals surface area contributed by atoms with E-state index in [9.17, 15) is 8.42 Å². The number of nitriles is 1. The van der Waals surface area contributed by atoms with Gasteiger partial charge in [0.05, 0.1) is 16.5 Å². The molecule has 0 spiro atoms. The largest absolute Gasteiger partial charge is 0.333 e. The number of fused-ring (bicyclic) bond motifs is 1. The third-order valence-electron chi connectivity index (χ3n) is 5.69. The Morgan fingerprint density at radius 1 is 1.13 bits per heavy atom. The molecule has 1 aliphatic rings. The van der Waals surface area contributed by atoms with Crippen LogP contribution in [0, 0.1) is 11.3 Å². The third kappa shape index (κ3) is 3.97. The minimum absolute atomic E-state index is 0.190. The average Bonchev–Trinajstić information content (AvgIpc) is 3.16. The maximum Gasteiger partial charge on any atom is 0.243 e. The Morgan fingerprint density at radius 3 is 2.67 bits per heavy atom. The molecule has 156 valence electrons. The summed E-state index contributed by atoms with van der Waals surface area (Å²) in [5.74, 6) is 0. The molecule has 3 aromatic rings. The molecule has 1 aliphatic heterocycles. The van der Waals surface area contributed by atoms with Crippen LogP contribution in [0.15, 0.2) is 53.7 Å². The molecule has 8 heteroatoms. The van der Waals surface area contributed by atoms with E-state index in [1.807, 2.05) is 18.3 Å². The van der Waals surface area contributed by atoms with Gasteiger partial charge < -0.3 is 9.47 Å². The summed E-state index contributed by atoms with van der Waals surface area (Å²) in [6.45, 7) is 6.19. The molecular weight excluding hydrogens is 398 g/mol. The molecule has 30 heavy (non-hydrogen) atoms. The molecule has 0 N–H and O–H groups in total. The fourth-order valence-corrected chi connectivity index (χ4v) is 5.45. The number of nitrogens with zero attached hydrogens (tertiary/aromatic N) is 5. The van der Waals surface area contributed by atoms with Gasteiger partial charge in [-0.2, -0.15) is 9.57 Å². The minimum Gasteiger partial charge on any atom is -0.333 e. The van der Waals surface area contributed by atoms with Gasteiger partial charge in [0.25, 0.3) is 0 Å². The Bertz CT molecular complexity index is 1190. The van der Waals surface area contributed by atoms with Crippen LogP contribution in [0.3, 0.4) is 0 Å². The monoisotopic (exact) mass is 423 g/mol. The number of rotatable bonds is 6. The quantitative estimate of drug-likeness (QED) is 0.608. The van der Waals surface area contributed by atoms with Gasteiger partial charge in [0.2, 0.25) is 10.0 Å². The highest BCUT2D eigenvalue weighted by Gasteiger charge is 2.28. The van der Waals surface area contributed by atoms with Gasteiger partial charge in [-0.15, -0.1) is 0 Å². The van der Waals surface area contributed by atoms with Crippen molar-refractivity contribution >= 4 is 21.1 Å². The number of pyridine rings is 1. The van der Waals surface area contributed by atoms with Gasteiger partial charge in [0, 0.05) is 57.0 Å². The molecule has 3 heterocycles. The van der Waals surface area contributed by atoms with Crippen LogP contribution >= 0.6 is 0 Å². The van der Waals surface area contributed by atoms with Crippen molar-refractivity contribution in [3.63, 3.8) is 0 Å². The van der Waals surface area contributed by atoms with Gasteiger partial charge in [0.15, 0.2) is 0 Å². The smallest absolute Gasteiger partial charge is 0.243 e. The van der Waals surface area contributed by atoms with Crippen LogP contribution in [-0.4, -0.2) is 59.9 Å². The molecule has 0 atom stereocenters. The zero-order valence-electron chi connectivity index (χ0n) is 17.0. The molecule has 0 radical (unpaired) electrons. The SMILES string of the molecule is CCn1cc(CCN2CCN(S(=O)(=O)c3cccc(C#N)c3)CC2)c2cccnc21. The number of hydrogen-bond donors (Lipinski definition) is 0. The van der Waals surface area contributed by atoms with E-state index in [1.165, 1.54) is 21.3 Å². The highest BCUT2D eigenvalue weighted by Crippen LogP contribution is 2.22. The van der Waals surface area contributed by atoms with E-state index in [0.29, 0.717) is 31.7 Å². The van der Waals surface area contributed by atoms with Crippen LogP contribution < -0.4 is 0 Å². The molecule has 1 fully saturated rings. The molecule has 7 nitrogen and oxygen atoms in total. The van der Waals surface area contributed by atoms with Crippen LogP contribution in [0.2, 0.25) is 0 Å². The van der Waals surface area contributed by atoms with Crippen LogP contribution in [0.1, 0.15) is 18.1 Å². The molecule has 4 rings (SSSR count). The van der Waals surface area contributed by atoms with Gasteiger partial charge in [0.1, 0.15) is 5.65 Å². The van der Waals surface area contributed by atoms with E-state index in [2.05, 4.69) is 33.6 Å². The summed E-state index contributed by atoms with van der Waals surface area (Å²) in [6, 6.07) is 12.3. The number of aromatic nitrogens is 2. The summed E-state index contributed by atoms with van der Waals surface area (Å²) in [6.07, 6.45) is 4.91. The normalized spacial score (nSPS) is 16.0. The number of piperazine rings is 1. The molecule has 0 amide bonds. The predicted molar refractivity (Wildman–Crippen MR) is 115 cm³/mol. The van der Waals surface area contributed by atoms with Crippen LogP contribution in [0.25, 0.3) is 11.0 Å². The fourth-order valence-electron chi connectivity index (χ4n) is 3.98. The lowest BCUT2D eigenvalue weighted by Gasteiger charge is -2.34. The predicted octanol–water partition coefficient (Wildman–Crippen LogP) is 2.48. The Morgan fingerprint density at radius 2 is 1.93 bits per heavy atom. The van der Waals surface area contributed by atoms with E-state index in [-0.39, 0.29) is 4.90 Å². The van der Waals surface area contributed by atoms with Crippen molar-refractivity contribution in [2.45, 2.75) is 24.8 Å². The van der Waals surface area contributed by atoms with Crippen molar-refractivity contribution in [3.8, 4) is 6.07 Å². The van der Waals surface area contributed by atoms with Crippen molar-refractivity contribution < 1.29 is 8.42 Å². The zero-order chi connectivity index (χ0) is 21.1. The molecule has 1 aromatic carbocycles. The Labute approximate surface area is 177 Å². The molecule has 0 bridgehead atoms. The lowest BCUT2D eigenvalue weighted by atomic mass is 10.1. The third-order valence-corrected chi connectivity index (χ3v) is 7.58. The van der Waals surface area contributed by atoms with Crippen molar-refractivity contribution in [2.24, 2.45) is 0 Å². The Hall–Kier alpha value is -2.73. The number of hydrogen-bond acceptors (Lipinski definition) is 5. The number of benzene rings is 1. The fraction of sp³-hybridized carbons (Fsp3) is 0.364. The second-order valence-corrected chi connectivity index (χ2v) is 9.39. The van der Waals surface area contributed by atoms with Crippen molar-refractivity contribution in [3.05, 3.63) is 59.9 Å². The molecule has 1 saturated heterocycles. The highest BCUT2D eigenvalue weighted by atomic mass is 32.2. The first-order chi connectivity index (χ1) is 14.5. The van der Waals surface area contributed by atoms with Crippen LogP contribution in [0.4, 0.5) is 0 Å². The van der Waals surface area contributed by atoms with Crippen molar-refractivity contribution in [2.75, 3.05) is 32.7 Å². The number of aryl methyl sites for hydroxylation is 1. The van der Waals surface area contributed by atoms with Crippen molar-refractivity contribution in [1.29, 1.82) is 5.26 Å². The summed E-state index contributed by atoms with van der Waals surface area (Å²) in [5, 5.41) is 10.2. The summed E-state index contributed by atoms with van der Waals surface area (Å²) >= 11 is 0. The highest BCUT2D eigenvalue weighted by molar-refractivity contribution is 7.89. The summed E-state index contributed by atoms with van der Waals surface area (Å²) < 4.78 is 29.5. The van der Waals surface area contributed by atoms with Gasteiger partial charge in [-0.25, -0.2) is 13.4 Å². The maximum absolute atomic E-state index is 12.9. The number of sulfonamides is 1. The Balaban J connectivity index is 1.39. The molecule has 0 saturated carbocycles. The zero-order valence-corrected chi connectivity index (χ0v) is 17.8.